The smallest absolute Gasteiger partial charge is 0.340 e. The van der Waals surface area contributed by atoms with E-state index in [1.54, 1.807) is 6.92 Å². The van der Waals surface area contributed by atoms with Crippen molar-refractivity contribution in [1.82, 2.24) is 0 Å². The summed E-state index contributed by atoms with van der Waals surface area (Å²) in [4.78, 5) is 24.9. The Bertz CT molecular complexity index is 813. The monoisotopic (exact) mass is 349 g/mol. The highest BCUT2D eigenvalue weighted by Gasteiger charge is 2.42. The van der Waals surface area contributed by atoms with Crippen molar-refractivity contribution < 1.29 is 27.8 Å². The maximum atomic E-state index is 14.4. The van der Waals surface area contributed by atoms with Crippen LogP contribution in [0.15, 0.2) is 41.0 Å². The van der Waals surface area contributed by atoms with Crippen LogP contribution in [0, 0.1) is 11.6 Å². The summed E-state index contributed by atoms with van der Waals surface area (Å²) in [5, 5.41) is 0. The SMILES string of the molecule is CCOC(=O)C1=C(N)OC2=C(C(=O)CCC2)C1c1cc(F)ccc1F. The second kappa shape index (κ2) is 6.66. The van der Waals surface area contributed by atoms with Gasteiger partial charge in [-0.1, -0.05) is 0 Å². The summed E-state index contributed by atoms with van der Waals surface area (Å²) in [6.45, 7) is 1.67. The van der Waals surface area contributed by atoms with Gasteiger partial charge in [0.15, 0.2) is 5.78 Å². The fourth-order valence-electron chi connectivity index (χ4n) is 3.21. The van der Waals surface area contributed by atoms with Crippen LogP contribution < -0.4 is 5.73 Å². The Kier molecular flexibility index (Phi) is 4.57. The van der Waals surface area contributed by atoms with Gasteiger partial charge in [-0.15, -0.1) is 0 Å². The Morgan fingerprint density at radius 2 is 2.12 bits per heavy atom. The molecule has 132 valence electrons. The van der Waals surface area contributed by atoms with E-state index in [-0.39, 0.29) is 41.4 Å². The lowest BCUT2D eigenvalue weighted by molar-refractivity contribution is -0.139. The molecular formula is C18H17F2NO4. The lowest BCUT2D eigenvalue weighted by Crippen LogP contribution is -2.32. The first-order valence-corrected chi connectivity index (χ1v) is 7.99. The molecule has 1 unspecified atom stereocenters. The zero-order valence-electron chi connectivity index (χ0n) is 13.6. The second-order valence-corrected chi connectivity index (χ2v) is 5.81. The van der Waals surface area contributed by atoms with Crippen LogP contribution in [-0.2, 0) is 19.1 Å². The standard InChI is InChI=1S/C18H17F2NO4/c1-2-24-18(23)16-14(10-8-9(19)6-7-11(10)20)15-12(22)4-3-5-13(15)25-17(16)21/h6-8,14H,2-5,21H2,1H3. The van der Waals surface area contributed by atoms with E-state index in [0.29, 0.717) is 18.6 Å². The van der Waals surface area contributed by atoms with Crippen LogP contribution in [0.4, 0.5) is 8.78 Å². The predicted octanol–water partition coefficient (Wildman–Crippen LogP) is 2.82. The number of carbonyl (C=O) groups excluding carboxylic acids is 2. The lowest BCUT2D eigenvalue weighted by atomic mass is 9.77. The molecule has 0 saturated heterocycles. The number of ketones is 1. The molecule has 3 rings (SSSR count). The van der Waals surface area contributed by atoms with Gasteiger partial charge in [0.1, 0.15) is 23.0 Å². The van der Waals surface area contributed by atoms with Crippen molar-refractivity contribution in [3.8, 4) is 0 Å². The van der Waals surface area contributed by atoms with E-state index < -0.39 is 23.5 Å². The molecule has 0 aromatic heterocycles. The first kappa shape index (κ1) is 17.1. The van der Waals surface area contributed by atoms with Crippen LogP contribution in [0.2, 0.25) is 0 Å². The van der Waals surface area contributed by atoms with Crippen LogP contribution in [0.25, 0.3) is 0 Å². The molecule has 1 aromatic rings. The van der Waals surface area contributed by atoms with E-state index in [9.17, 15) is 18.4 Å². The van der Waals surface area contributed by atoms with Crippen LogP contribution in [0.3, 0.4) is 0 Å². The van der Waals surface area contributed by atoms with E-state index >= 15 is 0 Å². The molecule has 2 aliphatic rings. The van der Waals surface area contributed by atoms with Gasteiger partial charge in [-0.3, -0.25) is 4.79 Å². The fraction of sp³-hybridized carbons (Fsp3) is 0.333. The Labute approximate surface area is 143 Å². The number of nitrogens with two attached hydrogens (primary N) is 1. The Hall–Kier alpha value is -2.70. The summed E-state index contributed by atoms with van der Waals surface area (Å²) < 4.78 is 38.6. The molecule has 0 bridgehead atoms. The second-order valence-electron chi connectivity index (χ2n) is 5.81. The molecule has 0 spiro atoms. The molecule has 25 heavy (non-hydrogen) atoms. The van der Waals surface area contributed by atoms with Crippen molar-refractivity contribution in [1.29, 1.82) is 0 Å². The molecule has 7 heteroatoms. The number of benzene rings is 1. The molecule has 1 aliphatic heterocycles. The Balaban J connectivity index is 2.22. The molecule has 0 saturated carbocycles. The minimum atomic E-state index is -1.15. The van der Waals surface area contributed by atoms with E-state index in [0.717, 1.165) is 18.2 Å². The average Bonchev–Trinajstić information content (AvgIpc) is 2.56. The summed E-state index contributed by atoms with van der Waals surface area (Å²) >= 11 is 0. The molecule has 0 amide bonds. The first-order valence-electron chi connectivity index (χ1n) is 7.99. The van der Waals surface area contributed by atoms with Crippen LogP contribution in [0.5, 0.6) is 0 Å². The van der Waals surface area contributed by atoms with Gasteiger partial charge in [-0.25, -0.2) is 13.6 Å². The zero-order valence-corrected chi connectivity index (χ0v) is 13.6. The van der Waals surface area contributed by atoms with Gasteiger partial charge in [0.25, 0.3) is 0 Å². The molecule has 1 atom stereocenters. The predicted molar refractivity (Wildman–Crippen MR) is 83.9 cm³/mol. The van der Waals surface area contributed by atoms with E-state index in [1.165, 1.54) is 0 Å². The summed E-state index contributed by atoms with van der Waals surface area (Å²) in [7, 11) is 0. The molecule has 0 radical (unpaired) electrons. The van der Waals surface area contributed by atoms with Crippen LogP contribution in [-0.4, -0.2) is 18.4 Å². The highest BCUT2D eigenvalue weighted by molar-refractivity contribution is 6.03. The van der Waals surface area contributed by atoms with Gasteiger partial charge in [-0.05, 0) is 31.5 Å². The van der Waals surface area contributed by atoms with E-state index in [4.69, 9.17) is 15.2 Å². The highest BCUT2D eigenvalue weighted by atomic mass is 19.1. The number of ether oxygens (including phenoxy) is 2. The maximum Gasteiger partial charge on any atom is 0.340 e. The summed E-state index contributed by atoms with van der Waals surface area (Å²) in [6, 6.07) is 2.88. The van der Waals surface area contributed by atoms with Crippen molar-refractivity contribution >= 4 is 11.8 Å². The lowest BCUT2D eigenvalue weighted by Gasteiger charge is -2.32. The number of esters is 1. The van der Waals surface area contributed by atoms with Crippen molar-refractivity contribution in [2.45, 2.75) is 32.1 Å². The Morgan fingerprint density at radius 3 is 2.84 bits per heavy atom. The number of hydrogen-bond acceptors (Lipinski definition) is 5. The average molecular weight is 349 g/mol. The fourth-order valence-corrected chi connectivity index (χ4v) is 3.21. The molecule has 1 heterocycles. The third-order valence-corrected chi connectivity index (χ3v) is 4.25. The van der Waals surface area contributed by atoms with Crippen molar-refractivity contribution in [2.75, 3.05) is 6.61 Å². The minimum Gasteiger partial charge on any atom is -0.462 e. The third-order valence-electron chi connectivity index (χ3n) is 4.25. The quantitative estimate of drug-likeness (QED) is 0.849. The minimum absolute atomic E-state index is 0.0633. The van der Waals surface area contributed by atoms with Gasteiger partial charge in [0.05, 0.1) is 12.5 Å². The molecular weight excluding hydrogens is 332 g/mol. The molecule has 2 N–H and O–H groups in total. The number of hydrogen-bond donors (Lipinski definition) is 1. The van der Waals surface area contributed by atoms with Gasteiger partial charge < -0.3 is 15.2 Å². The summed E-state index contributed by atoms with van der Waals surface area (Å²) in [5.41, 5.74) is 5.70. The van der Waals surface area contributed by atoms with Crippen molar-refractivity contribution in [3.05, 3.63) is 58.2 Å². The third kappa shape index (κ3) is 3.01. The van der Waals surface area contributed by atoms with E-state index in [2.05, 4.69) is 0 Å². The number of rotatable bonds is 3. The van der Waals surface area contributed by atoms with Gasteiger partial charge in [0.2, 0.25) is 5.88 Å². The van der Waals surface area contributed by atoms with Crippen molar-refractivity contribution in [2.24, 2.45) is 5.73 Å². The maximum absolute atomic E-state index is 14.4. The molecule has 1 aromatic carbocycles. The van der Waals surface area contributed by atoms with Crippen molar-refractivity contribution in [3.63, 3.8) is 0 Å². The van der Waals surface area contributed by atoms with Crippen LogP contribution in [0.1, 0.15) is 37.7 Å². The number of halogens is 2. The highest BCUT2D eigenvalue weighted by Crippen LogP contribution is 2.44. The normalized spacial score (nSPS) is 20.3. The van der Waals surface area contributed by atoms with Gasteiger partial charge >= 0.3 is 5.97 Å². The summed E-state index contributed by atoms with van der Waals surface area (Å²) in [5.74, 6) is -3.62. The topological polar surface area (TPSA) is 78.6 Å². The zero-order chi connectivity index (χ0) is 18.1. The van der Waals surface area contributed by atoms with E-state index in [1.807, 2.05) is 0 Å². The molecule has 1 aliphatic carbocycles. The summed E-state index contributed by atoms with van der Waals surface area (Å²) in [6.07, 6.45) is 1.25. The van der Waals surface area contributed by atoms with Gasteiger partial charge in [0, 0.05) is 24.0 Å². The molecule has 5 nitrogen and oxygen atoms in total. The largest absolute Gasteiger partial charge is 0.462 e. The van der Waals surface area contributed by atoms with Gasteiger partial charge in [-0.2, -0.15) is 0 Å². The van der Waals surface area contributed by atoms with Crippen LogP contribution >= 0.6 is 0 Å². The Morgan fingerprint density at radius 1 is 1.36 bits per heavy atom. The first-order chi connectivity index (χ1) is 11.9. The number of allylic oxidation sites excluding steroid dienone is 2. The number of carbonyl (C=O) groups is 2. The molecule has 0 fully saturated rings. The number of Topliss-reactive ketones (excluding diaryl/α,β-unsaturated/α-hetero) is 1.